The first-order valence-electron chi connectivity index (χ1n) is 4.54. The average Bonchev–Trinajstić information content (AvgIpc) is 2.16. The minimum absolute atomic E-state index is 0.309. The molecule has 0 atom stereocenters. The largest absolute Gasteiger partial charge is 0.396 e. The van der Waals surface area contributed by atoms with Crippen LogP contribution in [0.2, 0.25) is 0 Å². The van der Waals surface area contributed by atoms with Gasteiger partial charge in [-0.1, -0.05) is 30.3 Å². The summed E-state index contributed by atoms with van der Waals surface area (Å²) in [5.41, 5.74) is 0. The fraction of sp³-hybridized carbons (Fsp3) is 0.455. The maximum Gasteiger partial charge on any atom is 0.0438 e. The van der Waals surface area contributed by atoms with Crippen LogP contribution in [0.15, 0.2) is 35.2 Å². The summed E-state index contributed by atoms with van der Waals surface area (Å²) in [5, 5.41) is 8.79. The first kappa shape index (κ1) is 10.6. The molecule has 1 N–H and O–H groups in total. The zero-order valence-electron chi connectivity index (χ0n) is 8.36. The molecule has 0 aliphatic carbocycles. The van der Waals surface area contributed by atoms with Crippen LogP contribution in [0, 0.1) is 0 Å². The monoisotopic (exact) mass is 198 g/mol. The van der Waals surface area contributed by atoms with Crippen LogP contribution in [0.5, 0.6) is 0 Å². The molecule has 0 radical (unpaired) electrons. The van der Waals surface area contributed by atoms with Gasteiger partial charge in [-0.25, -0.2) is 10.0 Å². The van der Waals surface area contributed by atoms with Crippen molar-refractivity contribution in [1.29, 1.82) is 0 Å². The van der Waals surface area contributed by atoms with Crippen molar-refractivity contribution in [3.05, 3.63) is 30.3 Å². The second kappa shape index (κ2) is 4.68. The van der Waals surface area contributed by atoms with Gasteiger partial charge in [-0.15, -0.1) is 0 Å². The standard InChI is InChI=1S/C11H18OS/c1-13(2,10-6-9-12)11-7-4-3-5-8-11/h3-5,7-8,12H,6,9-10H2,1-2H3. The summed E-state index contributed by atoms with van der Waals surface area (Å²) >= 11 is 0. The Bertz CT molecular complexity index is 244. The normalized spacial score (nSPS) is 12.8. The molecule has 0 aliphatic heterocycles. The fourth-order valence-corrected chi connectivity index (χ4v) is 3.31. The topological polar surface area (TPSA) is 20.2 Å². The van der Waals surface area contributed by atoms with Crippen LogP contribution in [0.1, 0.15) is 6.42 Å². The van der Waals surface area contributed by atoms with Gasteiger partial charge in [-0.3, -0.25) is 0 Å². The smallest absolute Gasteiger partial charge is 0.0438 e. The van der Waals surface area contributed by atoms with Gasteiger partial charge >= 0.3 is 0 Å². The highest BCUT2D eigenvalue weighted by Gasteiger charge is 2.12. The Balaban J connectivity index is 2.69. The second-order valence-electron chi connectivity index (χ2n) is 3.63. The van der Waals surface area contributed by atoms with Gasteiger partial charge in [0.25, 0.3) is 0 Å². The van der Waals surface area contributed by atoms with Crippen LogP contribution in [-0.2, 0) is 0 Å². The van der Waals surface area contributed by atoms with E-state index in [-0.39, 0.29) is 0 Å². The van der Waals surface area contributed by atoms with Crippen molar-refractivity contribution in [3.63, 3.8) is 0 Å². The van der Waals surface area contributed by atoms with Gasteiger partial charge in [0.15, 0.2) is 0 Å². The summed E-state index contributed by atoms with van der Waals surface area (Å²) in [7, 11) is -0.682. The SMILES string of the molecule is CS(C)(CCCO)c1ccccc1. The predicted molar refractivity (Wildman–Crippen MR) is 60.7 cm³/mol. The van der Waals surface area contributed by atoms with Crippen LogP contribution in [0.3, 0.4) is 0 Å². The summed E-state index contributed by atoms with van der Waals surface area (Å²) in [5.74, 6) is 1.12. The Morgan fingerprint density at radius 3 is 2.31 bits per heavy atom. The molecule has 1 rings (SSSR count). The van der Waals surface area contributed by atoms with Crippen LogP contribution >= 0.6 is 10.0 Å². The molecule has 2 heteroatoms. The summed E-state index contributed by atoms with van der Waals surface area (Å²) in [6.45, 7) is 0.309. The molecular formula is C11H18OS. The quantitative estimate of drug-likeness (QED) is 0.788. The van der Waals surface area contributed by atoms with Crippen LogP contribution < -0.4 is 0 Å². The van der Waals surface area contributed by atoms with E-state index in [2.05, 4.69) is 36.8 Å². The average molecular weight is 198 g/mol. The highest BCUT2D eigenvalue weighted by molar-refractivity contribution is 8.32. The summed E-state index contributed by atoms with van der Waals surface area (Å²) < 4.78 is 0. The van der Waals surface area contributed by atoms with E-state index in [4.69, 9.17) is 5.11 Å². The van der Waals surface area contributed by atoms with E-state index in [9.17, 15) is 0 Å². The lowest BCUT2D eigenvalue weighted by Gasteiger charge is -2.31. The van der Waals surface area contributed by atoms with Gasteiger partial charge in [0.05, 0.1) is 0 Å². The third-order valence-electron chi connectivity index (χ3n) is 2.19. The number of aliphatic hydroxyl groups is 1. The maximum absolute atomic E-state index is 8.79. The maximum atomic E-state index is 8.79. The lowest BCUT2D eigenvalue weighted by Crippen LogP contribution is -2.03. The Morgan fingerprint density at radius 2 is 1.77 bits per heavy atom. The molecule has 0 unspecified atom stereocenters. The molecule has 1 aromatic rings. The van der Waals surface area contributed by atoms with Crippen molar-refractivity contribution in [3.8, 4) is 0 Å². The molecule has 0 bridgehead atoms. The lowest BCUT2D eigenvalue weighted by atomic mass is 10.4. The van der Waals surface area contributed by atoms with E-state index >= 15 is 0 Å². The summed E-state index contributed by atoms with van der Waals surface area (Å²) in [4.78, 5) is 1.43. The van der Waals surface area contributed by atoms with Gasteiger partial charge < -0.3 is 5.11 Å². The first-order valence-corrected chi connectivity index (χ1v) is 7.15. The van der Waals surface area contributed by atoms with Gasteiger partial charge in [-0.05, 0) is 29.6 Å². The van der Waals surface area contributed by atoms with Gasteiger partial charge in [0.1, 0.15) is 0 Å². The van der Waals surface area contributed by atoms with Crippen molar-refractivity contribution < 1.29 is 5.11 Å². The number of hydrogen-bond acceptors (Lipinski definition) is 1. The van der Waals surface area contributed by atoms with E-state index in [1.165, 1.54) is 4.90 Å². The highest BCUT2D eigenvalue weighted by atomic mass is 32.3. The lowest BCUT2D eigenvalue weighted by molar-refractivity contribution is 0.296. The van der Waals surface area contributed by atoms with Crippen molar-refractivity contribution >= 4 is 10.0 Å². The Kier molecular flexibility index (Phi) is 3.82. The molecule has 1 aromatic carbocycles. The summed E-state index contributed by atoms with van der Waals surface area (Å²) in [6.07, 6.45) is 5.52. The van der Waals surface area contributed by atoms with E-state index < -0.39 is 10.0 Å². The van der Waals surface area contributed by atoms with Crippen LogP contribution in [0.25, 0.3) is 0 Å². The molecule has 13 heavy (non-hydrogen) atoms. The number of benzene rings is 1. The van der Waals surface area contributed by atoms with Gasteiger partial charge in [0, 0.05) is 6.61 Å². The Labute approximate surface area is 82.1 Å². The van der Waals surface area contributed by atoms with Crippen molar-refractivity contribution in [2.45, 2.75) is 11.3 Å². The molecule has 1 nitrogen and oxygen atoms in total. The van der Waals surface area contributed by atoms with Crippen LogP contribution in [0.4, 0.5) is 0 Å². The molecule has 0 amide bonds. The number of aliphatic hydroxyl groups excluding tert-OH is 1. The third kappa shape index (κ3) is 3.05. The van der Waals surface area contributed by atoms with E-state index in [1.807, 2.05) is 6.07 Å². The molecule has 0 aliphatic rings. The third-order valence-corrected chi connectivity index (χ3v) is 5.05. The van der Waals surface area contributed by atoms with Crippen molar-refractivity contribution in [2.24, 2.45) is 0 Å². The predicted octanol–water partition coefficient (Wildman–Crippen LogP) is 2.49. The summed E-state index contributed by atoms with van der Waals surface area (Å²) in [6, 6.07) is 10.6. The van der Waals surface area contributed by atoms with Crippen molar-refractivity contribution in [2.75, 3.05) is 24.9 Å². The molecule has 0 saturated heterocycles. The molecule has 0 aromatic heterocycles. The number of rotatable bonds is 4. The van der Waals surface area contributed by atoms with E-state index in [0.29, 0.717) is 6.61 Å². The molecular weight excluding hydrogens is 180 g/mol. The van der Waals surface area contributed by atoms with Gasteiger partial charge in [0.2, 0.25) is 0 Å². The second-order valence-corrected chi connectivity index (χ2v) is 7.59. The molecule has 0 saturated carbocycles. The Hall–Kier alpha value is -0.470. The van der Waals surface area contributed by atoms with Crippen molar-refractivity contribution in [1.82, 2.24) is 0 Å². The highest BCUT2D eigenvalue weighted by Crippen LogP contribution is 2.48. The zero-order chi connectivity index (χ0) is 9.73. The first-order chi connectivity index (χ1) is 6.17. The number of hydrogen-bond donors (Lipinski definition) is 1. The molecule has 74 valence electrons. The van der Waals surface area contributed by atoms with E-state index in [1.54, 1.807) is 0 Å². The minimum Gasteiger partial charge on any atom is -0.396 e. The fourth-order valence-electron chi connectivity index (χ4n) is 1.33. The Morgan fingerprint density at radius 1 is 1.15 bits per heavy atom. The minimum atomic E-state index is -0.682. The van der Waals surface area contributed by atoms with Crippen LogP contribution in [-0.4, -0.2) is 30.0 Å². The zero-order valence-corrected chi connectivity index (χ0v) is 9.18. The van der Waals surface area contributed by atoms with E-state index in [0.717, 1.165) is 12.2 Å². The molecule has 0 heterocycles. The molecule has 0 spiro atoms. The molecule has 0 fully saturated rings. The van der Waals surface area contributed by atoms with Gasteiger partial charge in [-0.2, -0.15) is 0 Å².